The quantitative estimate of drug-likeness (QED) is 0.767. The van der Waals surface area contributed by atoms with Crippen LogP contribution in [0.3, 0.4) is 0 Å². The van der Waals surface area contributed by atoms with Crippen molar-refractivity contribution < 1.29 is 9.53 Å². The predicted molar refractivity (Wildman–Crippen MR) is 62.2 cm³/mol. The van der Waals surface area contributed by atoms with E-state index in [2.05, 4.69) is 10.2 Å². The molecule has 0 aliphatic carbocycles. The van der Waals surface area contributed by atoms with E-state index in [1.165, 1.54) is 0 Å². The van der Waals surface area contributed by atoms with Gasteiger partial charge in [0.05, 0.1) is 19.3 Å². The molecule has 0 aromatic heterocycles. The Kier molecular flexibility index (Phi) is 3.82. The normalized spacial score (nSPS) is 24.4. The molecule has 0 aromatic carbocycles. The monoisotopic (exact) mass is 226 g/mol. The van der Waals surface area contributed by atoms with Gasteiger partial charge < -0.3 is 10.1 Å². The third-order valence-corrected chi connectivity index (χ3v) is 3.47. The molecule has 0 radical (unpaired) electrons. The highest BCUT2D eigenvalue weighted by molar-refractivity contribution is 5.78. The fourth-order valence-corrected chi connectivity index (χ4v) is 2.36. The summed E-state index contributed by atoms with van der Waals surface area (Å²) in [4.78, 5) is 14.3. The Bertz CT molecular complexity index is 243. The molecule has 2 aliphatic heterocycles. The summed E-state index contributed by atoms with van der Waals surface area (Å²) in [7, 11) is 0. The van der Waals surface area contributed by atoms with Crippen LogP contribution in [0.5, 0.6) is 0 Å². The first-order valence-corrected chi connectivity index (χ1v) is 6.29. The molecule has 0 unspecified atom stereocenters. The SMILES string of the molecule is CC(C)NC(=O)C1CCN(C2COC2)CC1. The molecule has 4 heteroatoms. The van der Waals surface area contributed by atoms with E-state index in [9.17, 15) is 4.79 Å². The molecule has 0 spiro atoms. The minimum absolute atomic E-state index is 0.222. The number of hydrogen-bond acceptors (Lipinski definition) is 3. The number of nitrogens with zero attached hydrogens (tertiary/aromatic N) is 1. The van der Waals surface area contributed by atoms with Crippen LogP contribution in [0.1, 0.15) is 26.7 Å². The van der Waals surface area contributed by atoms with Gasteiger partial charge in [-0.05, 0) is 39.8 Å². The number of likely N-dealkylation sites (tertiary alicyclic amines) is 1. The number of rotatable bonds is 3. The van der Waals surface area contributed by atoms with E-state index in [4.69, 9.17) is 4.74 Å². The molecule has 2 saturated heterocycles. The number of hydrogen-bond donors (Lipinski definition) is 1. The summed E-state index contributed by atoms with van der Waals surface area (Å²) < 4.78 is 5.19. The van der Waals surface area contributed by atoms with Crippen molar-refractivity contribution in [1.82, 2.24) is 10.2 Å². The lowest BCUT2D eigenvalue weighted by atomic mass is 9.94. The van der Waals surface area contributed by atoms with Crippen molar-refractivity contribution in [1.29, 1.82) is 0 Å². The van der Waals surface area contributed by atoms with Gasteiger partial charge in [-0.2, -0.15) is 0 Å². The molecule has 4 nitrogen and oxygen atoms in total. The van der Waals surface area contributed by atoms with E-state index >= 15 is 0 Å². The second kappa shape index (κ2) is 5.15. The Morgan fingerprint density at radius 2 is 1.94 bits per heavy atom. The molecule has 1 amide bonds. The zero-order valence-corrected chi connectivity index (χ0v) is 10.2. The van der Waals surface area contributed by atoms with Gasteiger partial charge in [-0.15, -0.1) is 0 Å². The van der Waals surface area contributed by atoms with Gasteiger partial charge in [0.1, 0.15) is 0 Å². The Morgan fingerprint density at radius 1 is 1.31 bits per heavy atom. The van der Waals surface area contributed by atoms with Gasteiger partial charge in [-0.1, -0.05) is 0 Å². The van der Waals surface area contributed by atoms with Crippen molar-refractivity contribution in [2.24, 2.45) is 5.92 Å². The van der Waals surface area contributed by atoms with Crippen molar-refractivity contribution in [2.45, 2.75) is 38.8 Å². The lowest BCUT2D eigenvalue weighted by Gasteiger charge is -2.41. The summed E-state index contributed by atoms with van der Waals surface area (Å²) >= 11 is 0. The summed E-state index contributed by atoms with van der Waals surface area (Å²) in [5.74, 6) is 0.458. The minimum Gasteiger partial charge on any atom is -0.378 e. The topological polar surface area (TPSA) is 41.6 Å². The molecule has 0 atom stereocenters. The minimum atomic E-state index is 0.222. The number of ether oxygens (including phenoxy) is 1. The highest BCUT2D eigenvalue weighted by Crippen LogP contribution is 2.21. The fourth-order valence-electron chi connectivity index (χ4n) is 2.36. The molecule has 2 aliphatic rings. The summed E-state index contributed by atoms with van der Waals surface area (Å²) in [6.07, 6.45) is 1.99. The van der Waals surface area contributed by atoms with Gasteiger partial charge in [0.15, 0.2) is 0 Å². The van der Waals surface area contributed by atoms with Gasteiger partial charge in [0, 0.05) is 12.0 Å². The average Bonchev–Trinajstić information content (AvgIpc) is 2.15. The number of carbonyl (C=O) groups excluding carboxylic acids is 1. The molecule has 2 fully saturated rings. The Labute approximate surface area is 97.3 Å². The summed E-state index contributed by atoms with van der Waals surface area (Å²) in [6, 6.07) is 0.875. The van der Waals surface area contributed by atoms with E-state index in [1.807, 2.05) is 13.8 Å². The van der Waals surface area contributed by atoms with Gasteiger partial charge in [-0.25, -0.2) is 0 Å². The van der Waals surface area contributed by atoms with Crippen LogP contribution in [0.25, 0.3) is 0 Å². The summed E-state index contributed by atoms with van der Waals surface area (Å²) in [5, 5.41) is 3.00. The smallest absolute Gasteiger partial charge is 0.223 e. The van der Waals surface area contributed by atoms with E-state index in [1.54, 1.807) is 0 Å². The number of nitrogens with one attached hydrogen (secondary N) is 1. The van der Waals surface area contributed by atoms with Crippen molar-refractivity contribution in [3.63, 3.8) is 0 Å². The standard InChI is InChI=1S/C12H22N2O2/c1-9(2)13-12(15)10-3-5-14(6-4-10)11-7-16-8-11/h9-11H,3-8H2,1-2H3,(H,13,15). The van der Waals surface area contributed by atoms with Gasteiger partial charge >= 0.3 is 0 Å². The van der Waals surface area contributed by atoms with Crippen molar-refractivity contribution in [2.75, 3.05) is 26.3 Å². The van der Waals surface area contributed by atoms with Crippen LogP contribution in [-0.2, 0) is 9.53 Å². The first kappa shape index (κ1) is 11.9. The molecule has 92 valence electrons. The van der Waals surface area contributed by atoms with Crippen LogP contribution < -0.4 is 5.32 Å². The van der Waals surface area contributed by atoms with E-state index < -0.39 is 0 Å². The first-order valence-electron chi connectivity index (χ1n) is 6.29. The van der Waals surface area contributed by atoms with Gasteiger partial charge in [-0.3, -0.25) is 9.69 Å². The Morgan fingerprint density at radius 3 is 2.38 bits per heavy atom. The molecule has 0 aromatic rings. The van der Waals surface area contributed by atoms with Crippen LogP contribution >= 0.6 is 0 Å². The average molecular weight is 226 g/mol. The molecule has 2 heterocycles. The predicted octanol–water partition coefficient (Wildman–Crippen LogP) is 0.622. The molecule has 2 rings (SSSR count). The van der Waals surface area contributed by atoms with Crippen molar-refractivity contribution >= 4 is 5.91 Å². The third kappa shape index (κ3) is 2.74. The van der Waals surface area contributed by atoms with Gasteiger partial charge in [0.25, 0.3) is 0 Å². The van der Waals surface area contributed by atoms with Crippen LogP contribution in [0.2, 0.25) is 0 Å². The van der Waals surface area contributed by atoms with Crippen LogP contribution in [-0.4, -0.2) is 49.2 Å². The highest BCUT2D eigenvalue weighted by atomic mass is 16.5. The van der Waals surface area contributed by atoms with Crippen LogP contribution in [0.4, 0.5) is 0 Å². The second-order valence-electron chi connectivity index (χ2n) is 5.16. The van der Waals surface area contributed by atoms with Crippen molar-refractivity contribution in [3.8, 4) is 0 Å². The number of piperidine rings is 1. The largest absolute Gasteiger partial charge is 0.378 e. The maximum Gasteiger partial charge on any atom is 0.223 e. The number of amides is 1. The third-order valence-electron chi connectivity index (χ3n) is 3.47. The van der Waals surface area contributed by atoms with Crippen molar-refractivity contribution in [3.05, 3.63) is 0 Å². The van der Waals surface area contributed by atoms with Gasteiger partial charge in [0.2, 0.25) is 5.91 Å². The molecule has 0 bridgehead atoms. The molecular formula is C12H22N2O2. The maximum absolute atomic E-state index is 11.8. The Hall–Kier alpha value is -0.610. The lowest BCUT2D eigenvalue weighted by Crippen LogP contribution is -2.53. The first-order chi connectivity index (χ1) is 7.66. The maximum atomic E-state index is 11.8. The van der Waals surface area contributed by atoms with Crippen LogP contribution in [0.15, 0.2) is 0 Å². The lowest BCUT2D eigenvalue weighted by molar-refractivity contribution is -0.128. The number of carbonyl (C=O) groups is 1. The Balaban J connectivity index is 1.73. The molecular weight excluding hydrogens is 204 g/mol. The van der Waals surface area contributed by atoms with E-state index in [-0.39, 0.29) is 17.9 Å². The van der Waals surface area contributed by atoms with Crippen LogP contribution in [0, 0.1) is 5.92 Å². The van der Waals surface area contributed by atoms with E-state index in [0.717, 1.165) is 39.1 Å². The second-order valence-corrected chi connectivity index (χ2v) is 5.16. The molecule has 16 heavy (non-hydrogen) atoms. The molecule has 0 saturated carbocycles. The zero-order valence-electron chi connectivity index (χ0n) is 10.2. The fraction of sp³-hybridized carbons (Fsp3) is 0.917. The highest BCUT2D eigenvalue weighted by Gasteiger charge is 2.31. The molecule has 1 N–H and O–H groups in total. The van der Waals surface area contributed by atoms with E-state index in [0.29, 0.717) is 6.04 Å². The summed E-state index contributed by atoms with van der Waals surface area (Å²) in [6.45, 7) is 7.87. The zero-order chi connectivity index (χ0) is 11.5. The summed E-state index contributed by atoms with van der Waals surface area (Å²) in [5.41, 5.74) is 0.